The molecule has 0 amide bonds. The van der Waals surface area contributed by atoms with Crippen molar-refractivity contribution in [3.8, 4) is 11.1 Å². The van der Waals surface area contributed by atoms with Gasteiger partial charge in [-0.2, -0.15) is 5.10 Å². The summed E-state index contributed by atoms with van der Waals surface area (Å²) in [5.41, 5.74) is 11.3. The Balaban J connectivity index is 2.13. The van der Waals surface area contributed by atoms with Crippen molar-refractivity contribution in [3.05, 3.63) is 35.5 Å². The van der Waals surface area contributed by atoms with Crippen molar-refractivity contribution in [1.82, 2.24) is 10.2 Å². The monoisotopic (exact) mass is 269 g/mol. The summed E-state index contributed by atoms with van der Waals surface area (Å²) in [6.07, 6.45) is 0. The van der Waals surface area contributed by atoms with Crippen LogP contribution in [0.3, 0.4) is 0 Å². The molecule has 1 aromatic carbocycles. The molecule has 3 nitrogen and oxygen atoms in total. The first-order valence-electron chi connectivity index (χ1n) is 7.17. The number of hydrogen-bond acceptors (Lipinski definition) is 2. The maximum absolute atomic E-state index is 6.12. The van der Waals surface area contributed by atoms with Crippen LogP contribution in [0, 0.1) is 17.8 Å². The van der Waals surface area contributed by atoms with Crippen LogP contribution in [0.4, 0.5) is 5.82 Å². The summed E-state index contributed by atoms with van der Waals surface area (Å²) in [5, 5.41) is 7.46. The van der Waals surface area contributed by atoms with E-state index in [0.29, 0.717) is 11.7 Å². The molecule has 0 spiro atoms. The molecule has 0 saturated heterocycles. The maximum atomic E-state index is 6.12. The molecule has 0 aliphatic heterocycles. The lowest BCUT2D eigenvalue weighted by Gasteiger charge is -2.07. The van der Waals surface area contributed by atoms with Crippen molar-refractivity contribution in [2.45, 2.75) is 40.5 Å². The third kappa shape index (κ3) is 1.62. The van der Waals surface area contributed by atoms with E-state index in [0.717, 1.165) is 11.1 Å². The molecular formula is C17H23N3. The van der Waals surface area contributed by atoms with E-state index < -0.39 is 0 Å². The fourth-order valence-corrected chi connectivity index (χ4v) is 3.60. The van der Waals surface area contributed by atoms with Crippen LogP contribution in [0.2, 0.25) is 0 Å². The van der Waals surface area contributed by atoms with Gasteiger partial charge in [0, 0.05) is 17.2 Å². The van der Waals surface area contributed by atoms with Gasteiger partial charge in [0.15, 0.2) is 5.82 Å². The third-order valence-electron chi connectivity index (χ3n) is 5.44. The van der Waals surface area contributed by atoms with E-state index in [1.165, 1.54) is 11.3 Å². The first kappa shape index (κ1) is 13.2. The molecule has 0 bridgehead atoms. The molecule has 1 saturated carbocycles. The van der Waals surface area contributed by atoms with Crippen LogP contribution in [-0.2, 0) is 0 Å². The minimum Gasteiger partial charge on any atom is -0.382 e. The number of aromatic nitrogens is 2. The molecule has 0 unspecified atom stereocenters. The molecule has 106 valence electrons. The average Bonchev–Trinajstić information content (AvgIpc) is 2.64. The average molecular weight is 269 g/mol. The number of nitrogens with one attached hydrogen (secondary N) is 1. The van der Waals surface area contributed by atoms with Crippen molar-refractivity contribution in [2.75, 3.05) is 5.73 Å². The van der Waals surface area contributed by atoms with Gasteiger partial charge in [-0.05, 0) is 23.3 Å². The van der Waals surface area contributed by atoms with Gasteiger partial charge in [0.2, 0.25) is 0 Å². The van der Waals surface area contributed by atoms with Gasteiger partial charge in [-0.15, -0.1) is 0 Å². The fourth-order valence-electron chi connectivity index (χ4n) is 3.60. The molecule has 3 heteroatoms. The van der Waals surface area contributed by atoms with Crippen LogP contribution in [0.5, 0.6) is 0 Å². The number of nitrogen functional groups attached to an aromatic ring is 1. The first-order chi connectivity index (χ1) is 9.26. The number of nitrogens with two attached hydrogens (primary N) is 1. The smallest absolute Gasteiger partial charge is 0.153 e. The number of H-pyrrole nitrogens is 1. The molecule has 1 fully saturated rings. The van der Waals surface area contributed by atoms with E-state index in [1.807, 2.05) is 0 Å². The Morgan fingerprint density at radius 3 is 2.35 bits per heavy atom. The van der Waals surface area contributed by atoms with Crippen LogP contribution in [-0.4, -0.2) is 10.2 Å². The first-order valence-corrected chi connectivity index (χ1v) is 7.17. The normalized spacial score (nSPS) is 20.1. The lowest BCUT2D eigenvalue weighted by Crippen LogP contribution is -1.95. The van der Waals surface area contributed by atoms with Gasteiger partial charge >= 0.3 is 0 Å². The standard InChI is InChI=1S/C17H23N3/c1-10-7-6-8-11(9-10)12-13(19-20-15(12)18)14-16(2,3)17(14,4)5/h6-9,14H,1-5H3,(H3,18,19,20). The maximum Gasteiger partial charge on any atom is 0.153 e. The van der Waals surface area contributed by atoms with Gasteiger partial charge in [0.1, 0.15) is 0 Å². The van der Waals surface area contributed by atoms with E-state index in [2.05, 4.69) is 69.1 Å². The van der Waals surface area contributed by atoms with Gasteiger partial charge in [0.05, 0.1) is 0 Å². The van der Waals surface area contributed by atoms with Gasteiger partial charge in [-0.25, -0.2) is 0 Å². The molecule has 2 aromatic rings. The SMILES string of the molecule is Cc1cccc(-c2c(N)n[nH]c2C2C(C)(C)C2(C)C)c1. The number of hydrogen-bond donors (Lipinski definition) is 2. The molecule has 1 heterocycles. The van der Waals surface area contributed by atoms with Crippen LogP contribution in [0.15, 0.2) is 24.3 Å². The summed E-state index contributed by atoms with van der Waals surface area (Å²) in [7, 11) is 0. The van der Waals surface area contributed by atoms with E-state index in [9.17, 15) is 0 Å². The quantitative estimate of drug-likeness (QED) is 0.861. The molecule has 1 aliphatic rings. The Morgan fingerprint density at radius 2 is 1.80 bits per heavy atom. The predicted molar refractivity (Wildman–Crippen MR) is 83.5 cm³/mol. The highest BCUT2D eigenvalue weighted by Gasteiger charge is 2.66. The summed E-state index contributed by atoms with van der Waals surface area (Å²) < 4.78 is 0. The molecule has 1 aliphatic carbocycles. The van der Waals surface area contributed by atoms with E-state index in [1.54, 1.807) is 0 Å². The van der Waals surface area contributed by atoms with Crippen molar-refractivity contribution >= 4 is 5.82 Å². The Morgan fingerprint density at radius 1 is 1.15 bits per heavy atom. The lowest BCUT2D eigenvalue weighted by atomic mass is 9.98. The van der Waals surface area contributed by atoms with E-state index in [-0.39, 0.29) is 10.8 Å². The van der Waals surface area contributed by atoms with Gasteiger partial charge in [0.25, 0.3) is 0 Å². The van der Waals surface area contributed by atoms with Crippen LogP contribution < -0.4 is 5.73 Å². The second-order valence-electron chi connectivity index (χ2n) is 7.14. The van der Waals surface area contributed by atoms with Crippen molar-refractivity contribution in [3.63, 3.8) is 0 Å². The second-order valence-corrected chi connectivity index (χ2v) is 7.14. The van der Waals surface area contributed by atoms with Gasteiger partial charge in [-0.3, -0.25) is 5.10 Å². The number of anilines is 1. The highest BCUT2D eigenvalue weighted by molar-refractivity contribution is 5.78. The van der Waals surface area contributed by atoms with Gasteiger partial charge in [-0.1, -0.05) is 57.5 Å². The highest BCUT2D eigenvalue weighted by atomic mass is 15.2. The number of aryl methyl sites for hydroxylation is 1. The molecule has 0 radical (unpaired) electrons. The predicted octanol–water partition coefficient (Wildman–Crippen LogP) is 4.12. The molecule has 3 rings (SSSR count). The zero-order chi connectivity index (χ0) is 14.7. The summed E-state index contributed by atoms with van der Waals surface area (Å²) in [6, 6.07) is 8.46. The van der Waals surface area contributed by atoms with Crippen molar-refractivity contribution < 1.29 is 0 Å². The minimum atomic E-state index is 0.268. The largest absolute Gasteiger partial charge is 0.382 e. The lowest BCUT2D eigenvalue weighted by molar-refractivity contribution is 0.457. The fraction of sp³-hybridized carbons (Fsp3) is 0.471. The Hall–Kier alpha value is -1.77. The zero-order valence-corrected chi connectivity index (χ0v) is 12.9. The minimum absolute atomic E-state index is 0.268. The summed E-state index contributed by atoms with van der Waals surface area (Å²) in [4.78, 5) is 0. The Bertz CT molecular complexity index is 651. The third-order valence-corrected chi connectivity index (χ3v) is 5.44. The molecule has 20 heavy (non-hydrogen) atoms. The number of benzene rings is 1. The highest BCUT2D eigenvalue weighted by Crippen LogP contribution is 2.74. The number of nitrogens with zero attached hydrogens (tertiary/aromatic N) is 1. The van der Waals surface area contributed by atoms with Gasteiger partial charge < -0.3 is 5.73 Å². The summed E-state index contributed by atoms with van der Waals surface area (Å²) in [6.45, 7) is 11.4. The van der Waals surface area contributed by atoms with E-state index in [4.69, 9.17) is 5.73 Å². The molecule has 3 N–H and O–H groups in total. The van der Waals surface area contributed by atoms with Crippen LogP contribution in [0.1, 0.15) is 44.9 Å². The molecule has 1 aromatic heterocycles. The van der Waals surface area contributed by atoms with Crippen LogP contribution >= 0.6 is 0 Å². The molecular weight excluding hydrogens is 246 g/mol. The Labute approximate surface area is 120 Å². The van der Waals surface area contributed by atoms with E-state index >= 15 is 0 Å². The number of rotatable bonds is 2. The molecule has 0 atom stereocenters. The van der Waals surface area contributed by atoms with Crippen molar-refractivity contribution in [1.29, 1.82) is 0 Å². The summed E-state index contributed by atoms with van der Waals surface area (Å²) in [5.74, 6) is 1.07. The van der Waals surface area contributed by atoms with Crippen molar-refractivity contribution in [2.24, 2.45) is 10.8 Å². The summed E-state index contributed by atoms with van der Waals surface area (Å²) >= 11 is 0. The second kappa shape index (κ2) is 3.87. The Kier molecular flexibility index (Phi) is 2.56. The van der Waals surface area contributed by atoms with Crippen LogP contribution in [0.25, 0.3) is 11.1 Å². The topological polar surface area (TPSA) is 54.7 Å². The number of aromatic amines is 1. The zero-order valence-electron chi connectivity index (χ0n) is 12.9.